The molecule has 1 aromatic carbocycles. The highest BCUT2D eigenvalue weighted by Gasteiger charge is 2.30. The summed E-state index contributed by atoms with van der Waals surface area (Å²) in [6.07, 6.45) is -4.50. The van der Waals surface area contributed by atoms with E-state index in [1.165, 1.54) is 17.0 Å². The molecule has 1 N–H and O–H groups in total. The molecule has 7 heteroatoms. The van der Waals surface area contributed by atoms with E-state index in [0.29, 0.717) is 19.7 Å². The van der Waals surface area contributed by atoms with Crippen molar-refractivity contribution < 1.29 is 22.7 Å². The number of hydrogen-bond acceptors (Lipinski definition) is 2. The molecule has 0 aromatic heterocycles. The fourth-order valence-electron chi connectivity index (χ4n) is 1.98. The van der Waals surface area contributed by atoms with Gasteiger partial charge in [0.2, 0.25) is 0 Å². The highest BCUT2D eigenvalue weighted by molar-refractivity contribution is 5.89. The predicted molar refractivity (Wildman–Crippen MR) is 67.4 cm³/mol. The van der Waals surface area contributed by atoms with Crippen molar-refractivity contribution in [3.05, 3.63) is 29.8 Å². The van der Waals surface area contributed by atoms with Crippen LogP contribution in [0.25, 0.3) is 0 Å². The summed E-state index contributed by atoms with van der Waals surface area (Å²) in [6.45, 7) is 3.11. The SMILES string of the molecule is CC1CN(C(=O)Nc2cccc(C(F)(F)F)c2)CCO1. The van der Waals surface area contributed by atoms with Crippen molar-refractivity contribution in [3.63, 3.8) is 0 Å². The molecule has 0 bridgehead atoms. The van der Waals surface area contributed by atoms with Crippen LogP contribution in [0.3, 0.4) is 0 Å². The first-order valence-corrected chi connectivity index (χ1v) is 6.21. The molecule has 1 fully saturated rings. The van der Waals surface area contributed by atoms with Crippen LogP contribution in [-0.4, -0.2) is 36.7 Å². The Bertz CT molecular complexity index is 491. The van der Waals surface area contributed by atoms with Crippen molar-refractivity contribution in [3.8, 4) is 0 Å². The number of urea groups is 1. The summed E-state index contributed by atoms with van der Waals surface area (Å²) in [4.78, 5) is 13.5. The van der Waals surface area contributed by atoms with E-state index in [4.69, 9.17) is 4.74 Å². The lowest BCUT2D eigenvalue weighted by molar-refractivity contribution is -0.137. The maximum atomic E-state index is 12.6. The monoisotopic (exact) mass is 288 g/mol. The van der Waals surface area contributed by atoms with Gasteiger partial charge in [-0.05, 0) is 25.1 Å². The molecule has 0 spiro atoms. The van der Waals surface area contributed by atoms with Gasteiger partial charge < -0.3 is 15.0 Å². The minimum absolute atomic E-state index is 0.0731. The Balaban J connectivity index is 2.04. The fraction of sp³-hybridized carbons (Fsp3) is 0.462. The van der Waals surface area contributed by atoms with E-state index >= 15 is 0 Å². The van der Waals surface area contributed by atoms with Gasteiger partial charge in [-0.2, -0.15) is 13.2 Å². The molecule has 110 valence electrons. The number of nitrogens with zero attached hydrogens (tertiary/aromatic N) is 1. The van der Waals surface area contributed by atoms with Crippen LogP contribution in [0.5, 0.6) is 0 Å². The summed E-state index contributed by atoms with van der Waals surface area (Å²) < 4.78 is 43.0. The highest BCUT2D eigenvalue weighted by Crippen LogP contribution is 2.30. The molecule has 2 rings (SSSR count). The number of nitrogens with one attached hydrogen (secondary N) is 1. The van der Waals surface area contributed by atoms with Gasteiger partial charge in [-0.15, -0.1) is 0 Å². The second kappa shape index (κ2) is 5.70. The average molecular weight is 288 g/mol. The van der Waals surface area contributed by atoms with Gasteiger partial charge in [0.15, 0.2) is 0 Å². The Kier molecular flexibility index (Phi) is 4.17. The van der Waals surface area contributed by atoms with Crippen LogP contribution in [-0.2, 0) is 10.9 Å². The minimum atomic E-state index is -4.42. The maximum absolute atomic E-state index is 12.6. The Morgan fingerprint density at radius 1 is 1.45 bits per heavy atom. The number of carbonyl (C=O) groups is 1. The predicted octanol–water partition coefficient (Wildman–Crippen LogP) is 2.96. The van der Waals surface area contributed by atoms with E-state index in [2.05, 4.69) is 5.32 Å². The van der Waals surface area contributed by atoms with Crippen molar-refractivity contribution in [2.24, 2.45) is 0 Å². The first-order valence-electron chi connectivity index (χ1n) is 6.21. The molecular weight excluding hydrogens is 273 g/mol. The highest BCUT2D eigenvalue weighted by atomic mass is 19.4. The van der Waals surface area contributed by atoms with Gasteiger partial charge in [-0.25, -0.2) is 4.79 Å². The molecule has 2 amide bonds. The number of rotatable bonds is 1. The lowest BCUT2D eigenvalue weighted by Gasteiger charge is -2.31. The summed E-state index contributed by atoms with van der Waals surface area (Å²) in [5.74, 6) is 0. The van der Waals surface area contributed by atoms with Crippen LogP contribution in [0.15, 0.2) is 24.3 Å². The third kappa shape index (κ3) is 3.63. The number of morpholine rings is 1. The van der Waals surface area contributed by atoms with Gasteiger partial charge in [-0.3, -0.25) is 0 Å². The number of benzene rings is 1. The van der Waals surface area contributed by atoms with Gasteiger partial charge in [-0.1, -0.05) is 6.07 Å². The normalized spacial score (nSPS) is 19.8. The van der Waals surface area contributed by atoms with Crippen LogP contribution < -0.4 is 5.32 Å². The van der Waals surface area contributed by atoms with E-state index in [-0.39, 0.29) is 11.8 Å². The summed E-state index contributed by atoms with van der Waals surface area (Å²) in [5, 5.41) is 2.48. The van der Waals surface area contributed by atoms with Gasteiger partial charge in [0.1, 0.15) is 0 Å². The molecule has 1 atom stereocenters. The molecule has 1 aliphatic rings. The molecule has 0 aliphatic carbocycles. The average Bonchev–Trinajstić information content (AvgIpc) is 2.38. The number of amides is 2. The van der Waals surface area contributed by atoms with Crippen molar-refractivity contribution in [1.82, 2.24) is 4.90 Å². The number of hydrogen-bond donors (Lipinski definition) is 1. The lowest BCUT2D eigenvalue weighted by atomic mass is 10.2. The summed E-state index contributed by atoms with van der Waals surface area (Å²) in [6, 6.07) is 4.16. The van der Waals surface area contributed by atoms with Gasteiger partial charge in [0, 0.05) is 18.8 Å². The zero-order chi connectivity index (χ0) is 14.8. The zero-order valence-corrected chi connectivity index (χ0v) is 10.9. The standard InChI is InChI=1S/C13H15F3N2O2/c1-9-8-18(5-6-20-9)12(19)17-11-4-2-3-10(7-11)13(14,15)16/h2-4,7,9H,5-6,8H2,1H3,(H,17,19). The summed E-state index contributed by atoms with van der Waals surface area (Å²) in [7, 11) is 0. The maximum Gasteiger partial charge on any atom is 0.416 e. The topological polar surface area (TPSA) is 41.6 Å². The first kappa shape index (κ1) is 14.6. The van der Waals surface area contributed by atoms with Crippen LogP contribution in [0.4, 0.5) is 23.7 Å². The molecule has 4 nitrogen and oxygen atoms in total. The Morgan fingerprint density at radius 2 is 2.20 bits per heavy atom. The second-order valence-electron chi connectivity index (χ2n) is 4.64. The number of alkyl halides is 3. The molecule has 0 radical (unpaired) electrons. The smallest absolute Gasteiger partial charge is 0.375 e. The summed E-state index contributed by atoms with van der Waals surface area (Å²) in [5.41, 5.74) is -0.658. The number of halogens is 3. The van der Waals surface area contributed by atoms with Gasteiger partial charge in [0.25, 0.3) is 0 Å². The Morgan fingerprint density at radius 3 is 2.85 bits per heavy atom. The van der Waals surface area contributed by atoms with E-state index in [1.54, 1.807) is 0 Å². The van der Waals surface area contributed by atoms with E-state index in [0.717, 1.165) is 12.1 Å². The quantitative estimate of drug-likeness (QED) is 0.863. The van der Waals surface area contributed by atoms with Gasteiger partial charge >= 0.3 is 12.2 Å². The van der Waals surface area contributed by atoms with Crippen LogP contribution in [0.1, 0.15) is 12.5 Å². The first-order chi connectivity index (χ1) is 9.36. The van der Waals surface area contributed by atoms with E-state index in [1.807, 2.05) is 6.92 Å². The van der Waals surface area contributed by atoms with Crippen molar-refractivity contribution in [2.75, 3.05) is 25.0 Å². The molecule has 1 saturated heterocycles. The number of ether oxygens (including phenoxy) is 1. The van der Waals surface area contributed by atoms with Crippen LogP contribution in [0, 0.1) is 0 Å². The Hall–Kier alpha value is -1.76. The van der Waals surface area contributed by atoms with Crippen molar-refractivity contribution in [1.29, 1.82) is 0 Å². The molecule has 1 aliphatic heterocycles. The van der Waals surface area contributed by atoms with Crippen LogP contribution in [0.2, 0.25) is 0 Å². The van der Waals surface area contributed by atoms with Crippen LogP contribution >= 0.6 is 0 Å². The third-order valence-electron chi connectivity index (χ3n) is 2.97. The molecular formula is C13H15F3N2O2. The molecule has 0 saturated carbocycles. The van der Waals surface area contributed by atoms with Crippen molar-refractivity contribution in [2.45, 2.75) is 19.2 Å². The molecule has 1 unspecified atom stereocenters. The largest absolute Gasteiger partial charge is 0.416 e. The number of anilines is 1. The van der Waals surface area contributed by atoms with Crippen molar-refractivity contribution >= 4 is 11.7 Å². The second-order valence-corrected chi connectivity index (χ2v) is 4.64. The van der Waals surface area contributed by atoms with E-state index in [9.17, 15) is 18.0 Å². The molecule has 1 heterocycles. The third-order valence-corrected chi connectivity index (χ3v) is 2.97. The van der Waals surface area contributed by atoms with Gasteiger partial charge in [0.05, 0.1) is 18.3 Å². The summed E-state index contributed by atoms with van der Waals surface area (Å²) >= 11 is 0. The fourth-order valence-corrected chi connectivity index (χ4v) is 1.98. The minimum Gasteiger partial charge on any atom is -0.375 e. The molecule has 20 heavy (non-hydrogen) atoms. The zero-order valence-electron chi connectivity index (χ0n) is 10.9. The Labute approximate surface area is 114 Å². The number of carbonyl (C=O) groups excluding carboxylic acids is 1. The lowest BCUT2D eigenvalue weighted by Crippen LogP contribution is -2.46. The molecule has 1 aromatic rings. The van der Waals surface area contributed by atoms with E-state index < -0.39 is 17.8 Å².